The highest BCUT2D eigenvalue weighted by atomic mass is 32.7. The molecule has 2 aromatic carbocycles. The molecule has 0 amide bonds. The standard InChI is InChI=1S/C18H23O3PS/c1-4-20-22(19,21-18-11-10-15(2)16(3)14-18)23-13-12-17-8-6-5-7-9-17/h5-11,14H,4,12-13H2,1-3H3. The van der Waals surface area contributed by atoms with Crippen LogP contribution >= 0.6 is 18.2 Å². The Morgan fingerprint density at radius 1 is 1.04 bits per heavy atom. The summed E-state index contributed by atoms with van der Waals surface area (Å²) >= 11 is 1.26. The number of hydrogen-bond donors (Lipinski definition) is 0. The van der Waals surface area contributed by atoms with Crippen molar-refractivity contribution in [3.8, 4) is 5.75 Å². The smallest absolute Gasteiger partial charge is 0.417 e. The summed E-state index contributed by atoms with van der Waals surface area (Å²) in [6.45, 7) is 3.04. The lowest BCUT2D eigenvalue weighted by Gasteiger charge is -2.18. The average molecular weight is 350 g/mol. The number of hydrogen-bond acceptors (Lipinski definition) is 4. The maximum atomic E-state index is 12.9. The van der Waals surface area contributed by atoms with Gasteiger partial charge in [0.05, 0.1) is 6.61 Å². The predicted octanol–water partition coefficient (Wildman–Crippen LogP) is 5.80. The third kappa shape index (κ3) is 5.72. The lowest BCUT2D eigenvalue weighted by Crippen LogP contribution is -1.98. The van der Waals surface area contributed by atoms with Gasteiger partial charge in [-0.05, 0) is 67.4 Å². The number of benzene rings is 2. The fraction of sp³-hybridized carbons (Fsp3) is 0.333. The molecule has 2 aromatic rings. The molecule has 0 heterocycles. The fourth-order valence-electron chi connectivity index (χ4n) is 2.07. The van der Waals surface area contributed by atoms with Crippen molar-refractivity contribution in [3.63, 3.8) is 0 Å². The first-order valence-corrected chi connectivity index (χ1v) is 10.9. The molecular formula is C18H23O3PS. The molecule has 0 spiro atoms. The molecular weight excluding hydrogens is 327 g/mol. The van der Waals surface area contributed by atoms with Crippen molar-refractivity contribution in [1.29, 1.82) is 0 Å². The van der Waals surface area contributed by atoms with Gasteiger partial charge in [0.1, 0.15) is 5.75 Å². The van der Waals surface area contributed by atoms with Crippen LogP contribution in [-0.2, 0) is 15.5 Å². The Morgan fingerprint density at radius 2 is 1.78 bits per heavy atom. The summed E-state index contributed by atoms with van der Waals surface area (Å²) in [5.74, 6) is 1.28. The highest BCUT2D eigenvalue weighted by Crippen LogP contribution is 2.60. The topological polar surface area (TPSA) is 35.5 Å². The van der Waals surface area contributed by atoms with Crippen LogP contribution in [-0.4, -0.2) is 12.4 Å². The molecule has 5 heteroatoms. The van der Waals surface area contributed by atoms with Gasteiger partial charge in [0, 0.05) is 5.75 Å². The molecule has 23 heavy (non-hydrogen) atoms. The molecule has 0 radical (unpaired) electrons. The van der Waals surface area contributed by atoms with E-state index in [1.165, 1.54) is 22.5 Å². The van der Waals surface area contributed by atoms with Gasteiger partial charge >= 0.3 is 6.80 Å². The minimum atomic E-state index is -3.20. The Hall–Kier alpha value is -1.22. The van der Waals surface area contributed by atoms with Crippen molar-refractivity contribution >= 4 is 18.2 Å². The molecule has 124 valence electrons. The van der Waals surface area contributed by atoms with E-state index in [1.54, 1.807) is 0 Å². The molecule has 1 unspecified atom stereocenters. The van der Waals surface area contributed by atoms with Gasteiger partial charge in [0.2, 0.25) is 0 Å². The van der Waals surface area contributed by atoms with Gasteiger partial charge in [-0.3, -0.25) is 4.52 Å². The van der Waals surface area contributed by atoms with Crippen molar-refractivity contribution < 1.29 is 13.6 Å². The van der Waals surface area contributed by atoms with Gasteiger partial charge in [-0.2, -0.15) is 0 Å². The van der Waals surface area contributed by atoms with Gasteiger partial charge in [-0.15, -0.1) is 0 Å². The zero-order valence-electron chi connectivity index (χ0n) is 13.8. The number of aryl methyl sites for hydroxylation is 3. The first-order valence-electron chi connectivity index (χ1n) is 7.72. The first kappa shape index (κ1) is 18.1. The first-order chi connectivity index (χ1) is 11.0. The van der Waals surface area contributed by atoms with Crippen molar-refractivity contribution in [3.05, 3.63) is 65.2 Å². The zero-order chi connectivity index (χ0) is 16.7. The van der Waals surface area contributed by atoms with Gasteiger partial charge in [0.25, 0.3) is 0 Å². The molecule has 0 aliphatic rings. The maximum absolute atomic E-state index is 12.9. The summed E-state index contributed by atoms with van der Waals surface area (Å²) < 4.78 is 24.0. The fourth-order valence-corrected chi connectivity index (χ4v) is 5.39. The quantitative estimate of drug-likeness (QED) is 0.563. The molecule has 0 aliphatic heterocycles. The van der Waals surface area contributed by atoms with Crippen molar-refractivity contribution in [1.82, 2.24) is 0 Å². The Labute approximate surface area is 142 Å². The summed E-state index contributed by atoms with van der Waals surface area (Å²) in [7, 11) is 0. The maximum Gasteiger partial charge on any atom is 0.440 e. The van der Waals surface area contributed by atoms with Crippen LogP contribution in [0.1, 0.15) is 23.6 Å². The van der Waals surface area contributed by atoms with Gasteiger partial charge in [-0.25, -0.2) is 4.57 Å². The largest absolute Gasteiger partial charge is 0.440 e. The number of rotatable bonds is 8. The second-order valence-corrected chi connectivity index (χ2v) is 9.39. The van der Waals surface area contributed by atoms with Crippen LogP contribution in [0.25, 0.3) is 0 Å². The van der Waals surface area contributed by atoms with Crippen LogP contribution < -0.4 is 4.52 Å². The van der Waals surface area contributed by atoms with E-state index in [1.807, 2.05) is 57.2 Å². The van der Waals surface area contributed by atoms with Crippen LogP contribution in [0.15, 0.2) is 48.5 Å². The molecule has 1 atom stereocenters. The summed E-state index contributed by atoms with van der Waals surface area (Å²) in [6.07, 6.45) is 0.832. The SMILES string of the molecule is CCOP(=O)(Oc1ccc(C)c(C)c1)SCCc1ccccc1. The van der Waals surface area contributed by atoms with E-state index in [0.29, 0.717) is 18.1 Å². The van der Waals surface area contributed by atoms with Gasteiger partial charge in [-0.1, -0.05) is 36.4 Å². The molecule has 0 N–H and O–H groups in total. The molecule has 0 aliphatic carbocycles. The molecule has 0 fully saturated rings. The van der Waals surface area contributed by atoms with Crippen LogP contribution in [0.5, 0.6) is 5.75 Å². The Kier molecular flexibility index (Phi) is 6.76. The van der Waals surface area contributed by atoms with E-state index >= 15 is 0 Å². The van der Waals surface area contributed by atoms with Crippen molar-refractivity contribution in [2.24, 2.45) is 0 Å². The molecule has 0 bridgehead atoms. The van der Waals surface area contributed by atoms with E-state index in [9.17, 15) is 4.57 Å². The minimum absolute atomic E-state index is 0.362. The van der Waals surface area contributed by atoms with Gasteiger partial charge < -0.3 is 4.52 Å². The highest BCUT2D eigenvalue weighted by molar-refractivity contribution is 8.55. The van der Waals surface area contributed by atoms with E-state index in [-0.39, 0.29) is 0 Å². The summed E-state index contributed by atoms with van der Waals surface area (Å²) in [5.41, 5.74) is 3.51. The molecule has 2 rings (SSSR count). The highest BCUT2D eigenvalue weighted by Gasteiger charge is 2.26. The molecule has 3 nitrogen and oxygen atoms in total. The van der Waals surface area contributed by atoms with Crippen LogP contribution in [0.2, 0.25) is 0 Å². The van der Waals surface area contributed by atoms with Crippen LogP contribution in [0, 0.1) is 13.8 Å². The van der Waals surface area contributed by atoms with Gasteiger partial charge in [0.15, 0.2) is 0 Å². The molecule has 0 aromatic heterocycles. The van der Waals surface area contributed by atoms with E-state index in [2.05, 4.69) is 12.1 Å². The molecule has 0 saturated carbocycles. The van der Waals surface area contributed by atoms with Crippen LogP contribution in [0.3, 0.4) is 0 Å². The predicted molar refractivity (Wildman–Crippen MR) is 98.4 cm³/mol. The van der Waals surface area contributed by atoms with Crippen molar-refractivity contribution in [2.45, 2.75) is 27.2 Å². The van der Waals surface area contributed by atoms with Crippen LogP contribution in [0.4, 0.5) is 0 Å². The van der Waals surface area contributed by atoms with E-state index in [4.69, 9.17) is 9.05 Å². The van der Waals surface area contributed by atoms with E-state index in [0.717, 1.165) is 12.0 Å². The summed E-state index contributed by atoms with van der Waals surface area (Å²) in [6, 6.07) is 15.8. The summed E-state index contributed by atoms with van der Waals surface area (Å²) in [4.78, 5) is 0. The lowest BCUT2D eigenvalue weighted by atomic mass is 10.1. The Balaban J connectivity index is 2.00. The Morgan fingerprint density at radius 3 is 2.43 bits per heavy atom. The van der Waals surface area contributed by atoms with E-state index < -0.39 is 6.80 Å². The second-order valence-electron chi connectivity index (χ2n) is 5.27. The second kappa shape index (κ2) is 8.58. The molecule has 0 saturated heterocycles. The third-order valence-corrected chi connectivity index (χ3v) is 7.21. The lowest BCUT2D eigenvalue weighted by molar-refractivity contribution is 0.296. The minimum Gasteiger partial charge on any atom is -0.417 e. The van der Waals surface area contributed by atoms with Crippen molar-refractivity contribution in [2.75, 3.05) is 12.4 Å². The normalized spacial score (nSPS) is 13.5. The third-order valence-electron chi connectivity index (χ3n) is 3.47. The Bertz CT molecular complexity index is 673. The average Bonchev–Trinajstić information content (AvgIpc) is 2.52. The summed E-state index contributed by atoms with van der Waals surface area (Å²) in [5, 5.41) is 0. The zero-order valence-corrected chi connectivity index (χ0v) is 15.5. The monoisotopic (exact) mass is 350 g/mol.